The zero-order valence-corrected chi connectivity index (χ0v) is 35.9. The molecule has 12 heteroatoms. The van der Waals surface area contributed by atoms with Crippen molar-refractivity contribution >= 4 is 17.5 Å². The number of amides is 2. The molecule has 5 fully saturated rings. The number of benzene rings is 3. The molecule has 4 N–H and O–H groups in total. The van der Waals surface area contributed by atoms with E-state index in [9.17, 15) is 19.8 Å². The van der Waals surface area contributed by atoms with Crippen LogP contribution in [0, 0.1) is 29.1 Å². The second-order valence-electron chi connectivity index (χ2n) is 18.2. The lowest BCUT2D eigenvalue weighted by atomic mass is 9.45. The molecule has 3 aliphatic carbocycles. The third kappa shape index (κ3) is 9.18. The van der Waals surface area contributed by atoms with E-state index >= 15 is 0 Å². The third-order valence-corrected chi connectivity index (χ3v) is 13.9. The van der Waals surface area contributed by atoms with Crippen molar-refractivity contribution in [1.29, 1.82) is 0 Å². The van der Waals surface area contributed by atoms with Crippen LogP contribution in [0.15, 0.2) is 66.7 Å². The first-order chi connectivity index (χ1) is 28.3. The van der Waals surface area contributed by atoms with E-state index in [0.717, 1.165) is 47.5 Å². The van der Waals surface area contributed by atoms with E-state index in [1.165, 1.54) is 6.42 Å². The summed E-state index contributed by atoms with van der Waals surface area (Å²) in [7, 11) is 5.53. The maximum absolute atomic E-state index is 14.3. The summed E-state index contributed by atoms with van der Waals surface area (Å²) in [5.41, 5.74) is 5.16. The van der Waals surface area contributed by atoms with Gasteiger partial charge in [0.15, 0.2) is 0 Å². The fraction of sp³-hybridized carbons (Fsp3) is 0.574. The standard InChI is InChI=1S/C47H65N5O7/c1-29-39-24-35(47(39,3)4)25-40(29)49-46(56)43-42(30(2)54)41(28-53)59-52(43)26-32-14-11-15-38(44(32)57-7)33-21-34(23-37(22-33)50(5)6)45(55)48-36(20-31-12-9-8-10-13-31)27-51-16-18-58-19-17-51/h8-15,21-23,29-30,35-36,39-43,53-54H,16-20,24-28H2,1-7H3,(H,48,55)(H,49,56)/t29-,30-,35+,36-,39-,40-,41-,42+,43-/m0/s1. The number of fused-ring (bicyclic) bond motifs is 2. The number of nitrogens with one attached hydrogen (secondary N) is 2. The molecule has 0 radical (unpaired) electrons. The number of para-hydroxylation sites is 1. The molecular formula is C47H65N5O7. The van der Waals surface area contributed by atoms with Crippen LogP contribution >= 0.6 is 0 Å². The number of anilines is 1. The van der Waals surface area contributed by atoms with Crippen molar-refractivity contribution in [2.24, 2.45) is 29.1 Å². The lowest BCUT2D eigenvalue weighted by molar-refractivity contribution is -0.183. The van der Waals surface area contributed by atoms with E-state index in [-0.39, 0.29) is 42.5 Å². The Morgan fingerprint density at radius 1 is 1.03 bits per heavy atom. The summed E-state index contributed by atoms with van der Waals surface area (Å²) < 4.78 is 11.7. The minimum atomic E-state index is -0.906. The highest BCUT2D eigenvalue weighted by molar-refractivity contribution is 5.97. The Kier molecular flexibility index (Phi) is 13.4. The summed E-state index contributed by atoms with van der Waals surface area (Å²) in [5, 5.41) is 29.8. The van der Waals surface area contributed by atoms with E-state index in [2.05, 4.69) is 48.4 Å². The van der Waals surface area contributed by atoms with Gasteiger partial charge in [0.2, 0.25) is 5.91 Å². The molecule has 3 saturated carbocycles. The van der Waals surface area contributed by atoms with Crippen LogP contribution in [0.3, 0.4) is 0 Å². The molecule has 2 amide bonds. The number of methoxy groups -OCH3 is 1. The first-order valence-corrected chi connectivity index (χ1v) is 21.4. The summed E-state index contributed by atoms with van der Waals surface area (Å²) in [6.45, 7) is 12.1. The van der Waals surface area contributed by atoms with Crippen molar-refractivity contribution in [1.82, 2.24) is 20.6 Å². The number of aliphatic hydroxyl groups is 2. The van der Waals surface area contributed by atoms with Crippen molar-refractivity contribution in [3.63, 3.8) is 0 Å². The van der Waals surface area contributed by atoms with E-state index < -0.39 is 24.2 Å². The lowest BCUT2D eigenvalue weighted by Gasteiger charge is -2.62. The lowest BCUT2D eigenvalue weighted by Crippen LogP contribution is -2.62. The molecule has 2 saturated heterocycles. The minimum absolute atomic E-state index is 0.0326. The van der Waals surface area contributed by atoms with Crippen molar-refractivity contribution in [2.45, 2.75) is 83.8 Å². The highest BCUT2D eigenvalue weighted by atomic mass is 16.7. The SMILES string of the molecule is COc1c(CN2O[C@@H](CO)[C@@H]([C@H](C)O)[C@H]2C(=O)N[C@H]2C[C@H]3C[C@@H]([C@@H]2C)C3(C)C)cccc1-c1cc(C(=O)N[C@@H](Cc2ccccc2)CN2CCOCC2)cc(N(C)C)c1. The Hall–Kier alpha value is -4.04. The molecule has 2 bridgehead atoms. The molecule has 320 valence electrons. The number of nitrogens with zero attached hydrogens (tertiary/aromatic N) is 3. The number of carbonyl (C=O) groups excluding carboxylic acids is 2. The second-order valence-corrected chi connectivity index (χ2v) is 18.2. The molecule has 0 spiro atoms. The predicted octanol–water partition coefficient (Wildman–Crippen LogP) is 4.76. The van der Waals surface area contributed by atoms with Gasteiger partial charge in [0.25, 0.3) is 5.91 Å². The van der Waals surface area contributed by atoms with E-state index in [4.69, 9.17) is 14.3 Å². The Labute approximate surface area is 350 Å². The highest BCUT2D eigenvalue weighted by Gasteiger charge is 2.57. The van der Waals surface area contributed by atoms with Crippen molar-refractivity contribution in [3.8, 4) is 16.9 Å². The average molecular weight is 812 g/mol. The third-order valence-electron chi connectivity index (χ3n) is 13.9. The Morgan fingerprint density at radius 2 is 1.78 bits per heavy atom. The highest BCUT2D eigenvalue weighted by Crippen LogP contribution is 2.61. The van der Waals surface area contributed by atoms with Gasteiger partial charge in [0.1, 0.15) is 17.9 Å². The van der Waals surface area contributed by atoms with Gasteiger partial charge in [-0.25, -0.2) is 0 Å². The van der Waals surface area contributed by atoms with Gasteiger partial charge in [0.05, 0.1) is 39.6 Å². The number of hydrogen-bond acceptors (Lipinski definition) is 10. The fourth-order valence-electron chi connectivity index (χ4n) is 10.4. The number of carbonyl (C=O) groups is 2. The summed E-state index contributed by atoms with van der Waals surface area (Å²) in [5.74, 6) is 1.02. The molecule has 0 unspecified atom stereocenters. The fourth-order valence-corrected chi connectivity index (χ4v) is 10.4. The minimum Gasteiger partial charge on any atom is -0.496 e. The molecule has 8 rings (SSSR count). The number of hydrogen-bond donors (Lipinski definition) is 4. The number of morpholine rings is 1. The van der Waals surface area contributed by atoms with Crippen molar-refractivity contribution in [3.05, 3.63) is 83.4 Å². The maximum Gasteiger partial charge on any atom is 0.251 e. The normalized spacial score (nSPS) is 27.6. The van der Waals surface area contributed by atoms with Gasteiger partial charge in [-0.15, -0.1) is 0 Å². The second kappa shape index (κ2) is 18.3. The van der Waals surface area contributed by atoms with Crippen LogP contribution in [0.4, 0.5) is 5.69 Å². The molecule has 3 aromatic rings. The molecule has 59 heavy (non-hydrogen) atoms. The number of rotatable bonds is 15. The molecule has 9 atom stereocenters. The summed E-state index contributed by atoms with van der Waals surface area (Å²) in [6.07, 6.45) is 1.16. The number of hydroxylamine groups is 2. The Morgan fingerprint density at radius 3 is 2.42 bits per heavy atom. The van der Waals surface area contributed by atoms with E-state index in [1.54, 1.807) is 19.1 Å². The zero-order chi connectivity index (χ0) is 42.0. The topological polar surface area (TPSA) is 136 Å². The van der Waals surface area contributed by atoms with Gasteiger partial charge in [-0.05, 0) is 78.7 Å². The van der Waals surface area contributed by atoms with Crippen LogP contribution in [0.2, 0.25) is 0 Å². The first kappa shape index (κ1) is 43.1. The van der Waals surface area contributed by atoms with Gasteiger partial charge in [0, 0.05) is 74.1 Å². The van der Waals surface area contributed by atoms with Gasteiger partial charge < -0.3 is 35.2 Å². The van der Waals surface area contributed by atoms with Crippen LogP contribution in [0.1, 0.15) is 62.0 Å². The van der Waals surface area contributed by atoms with Gasteiger partial charge in [-0.1, -0.05) is 69.3 Å². The van der Waals surface area contributed by atoms with Crippen LogP contribution < -0.4 is 20.3 Å². The maximum atomic E-state index is 14.3. The van der Waals surface area contributed by atoms with Crippen molar-refractivity contribution in [2.75, 3.05) is 65.6 Å². The Bertz CT molecular complexity index is 1920. The van der Waals surface area contributed by atoms with Crippen molar-refractivity contribution < 1.29 is 34.1 Å². The molecule has 2 heterocycles. The summed E-state index contributed by atoms with van der Waals surface area (Å²) in [4.78, 5) is 39.2. The molecule has 0 aromatic heterocycles. The quantitative estimate of drug-likeness (QED) is 0.170. The molecule has 12 nitrogen and oxygen atoms in total. The molecule has 5 aliphatic rings. The van der Waals surface area contributed by atoms with Gasteiger partial charge in [-0.2, -0.15) is 5.06 Å². The first-order valence-electron chi connectivity index (χ1n) is 21.4. The predicted molar refractivity (Wildman–Crippen MR) is 229 cm³/mol. The summed E-state index contributed by atoms with van der Waals surface area (Å²) in [6, 6.07) is 21.0. The monoisotopic (exact) mass is 811 g/mol. The van der Waals surface area contributed by atoms with Crippen LogP contribution in [0.5, 0.6) is 5.75 Å². The Balaban J connectivity index is 1.15. The van der Waals surface area contributed by atoms with E-state index in [0.29, 0.717) is 55.2 Å². The molecule has 2 aliphatic heterocycles. The smallest absolute Gasteiger partial charge is 0.251 e. The van der Waals surface area contributed by atoms with Crippen LogP contribution in [-0.2, 0) is 27.3 Å². The molecular weight excluding hydrogens is 747 g/mol. The number of ether oxygens (including phenoxy) is 2. The number of aliphatic hydroxyl groups excluding tert-OH is 2. The van der Waals surface area contributed by atoms with Crippen LogP contribution in [0.25, 0.3) is 11.1 Å². The van der Waals surface area contributed by atoms with Crippen LogP contribution in [-0.4, -0.2) is 123 Å². The van der Waals surface area contributed by atoms with Gasteiger partial charge >= 0.3 is 0 Å². The summed E-state index contributed by atoms with van der Waals surface area (Å²) >= 11 is 0. The average Bonchev–Trinajstić information content (AvgIpc) is 3.60. The van der Waals surface area contributed by atoms with E-state index in [1.807, 2.05) is 73.6 Å². The largest absolute Gasteiger partial charge is 0.496 e. The van der Waals surface area contributed by atoms with Gasteiger partial charge in [-0.3, -0.25) is 19.3 Å². The molecule has 3 aromatic carbocycles. The zero-order valence-electron chi connectivity index (χ0n) is 35.9.